The molecule has 0 radical (unpaired) electrons. The maximum absolute atomic E-state index is 2.49. The van der Waals surface area contributed by atoms with Gasteiger partial charge in [0.25, 0.3) is 0 Å². The van der Waals surface area contributed by atoms with Gasteiger partial charge in [0, 0.05) is 0 Å². The molecular formula is C46H40. The average Bonchev–Trinajstić information content (AvgIpc) is 3.88. The fourth-order valence-electron chi connectivity index (χ4n) is 8.97. The molecule has 0 bridgehead atoms. The van der Waals surface area contributed by atoms with Crippen molar-refractivity contribution >= 4 is 33.7 Å². The van der Waals surface area contributed by atoms with E-state index in [4.69, 9.17) is 0 Å². The summed E-state index contributed by atoms with van der Waals surface area (Å²) in [7, 11) is 0. The van der Waals surface area contributed by atoms with E-state index in [1.54, 1.807) is 22.3 Å². The standard InChI is InChI=1S/2C23H20/c2*1-15-12-18-14-17-8-5-10-20(17)23(22(18)13-15)21-11-4-7-16-6-2-3-9-19(16)21/h2*2-4,6-7,9,11,13-14H,5,8,10,12H2,1H3. The zero-order chi connectivity index (χ0) is 30.8. The lowest BCUT2D eigenvalue weighted by molar-refractivity contribution is 0.912. The van der Waals surface area contributed by atoms with Crippen LogP contribution >= 0.6 is 0 Å². The molecule has 46 heavy (non-hydrogen) atoms. The predicted octanol–water partition coefficient (Wildman–Crippen LogP) is 11.9. The zero-order valence-corrected chi connectivity index (χ0v) is 27.0. The largest absolute Gasteiger partial charge is 0.0683 e. The molecule has 6 aromatic rings. The van der Waals surface area contributed by atoms with Crippen LogP contribution in [0.25, 0.3) is 56.0 Å². The van der Waals surface area contributed by atoms with E-state index in [-0.39, 0.29) is 0 Å². The summed E-state index contributed by atoms with van der Waals surface area (Å²) in [5, 5.41) is 5.45. The molecule has 0 nitrogen and oxygen atoms in total. The molecule has 0 heterocycles. The minimum atomic E-state index is 1.13. The van der Waals surface area contributed by atoms with Crippen molar-refractivity contribution in [2.45, 2.75) is 65.2 Å². The second-order valence-corrected chi connectivity index (χ2v) is 14.0. The number of fused-ring (bicyclic) bond motifs is 6. The normalized spacial score (nSPS) is 15.6. The van der Waals surface area contributed by atoms with Crippen LogP contribution < -0.4 is 0 Å². The van der Waals surface area contributed by atoms with Gasteiger partial charge < -0.3 is 0 Å². The van der Waals surface area contributed by atoms with Crippen LogP contribution in [0.1, 0.15) is 71.2 Å². The van der Waals surface area contributed by atoms with Crippen LogP contribution in [0.4, 0.5) is 0 Å². The number of rotatable bonds is 2. The molecule has 4 aliphatic carbocycles. The number of benzene rings is 6. The van der Waals surface area contributed by atoms with Gasteiger partial charge in [0.1, 0.15) is 0 Å². The third kappa shape index (κ3) is 4.50. The first-order valence-corrected chi connectivity index (χ1v) is 17.3. The SMILES string of the molecule is CC1=Cc2c(cc3c(c2-c2cccc4ccccc24)CCC3)C1.CC1=Cc2c(cc3c(c2-c2cccc4ccccc24)CCC3)C1. The van der Waals surface area contributed by atoms with E-state index in [9.17, 15) is 0 Å². The lowest BCUT2D eigenvalue weighted by atomic mass is 9.87. The minimum absolute atomic E-state index is 1.13. The smallest absolute Gasteiger partial charge is 0.00603 e. The molecule has 0 unspecified atom stereocenters. The summed E-state index contributed by atoms with van der Waals surface area (Å²) in [6.45, 7) is 4.52. The Bertz CT molecular complexity index is 2100. The monoisotopic (exact) mass is 592 g/mol. The molecule has 0 aromatic heterocycles. The van der Waals surface area contributed by atoms with Gasteiger partial charge in [0.15, 0.2) is 0 Å². The summed E-state index contributed by atoms with van der Waals surface area (Å²) in [4.78, 5) is 0. The van der Waals surface area contributed by atoms with Crippen molar-refractivity contribution in [3.05, 3.63) is 153 Å². The molecule has 4 aliphatic rings. The highest BCUT2D eigenvalue weighted by atomic mass is 14.3. The maximum atomic E-state index is 2.49. The van der Waals surface area contributed by atoms with Crippen LogP contribution in [0.15, 0.2) is 108 Å². The van der Waals surface area contributed by atoms with Crippen molar-refractivity contribution < 1.29 is 0 Å². The Morgan fingerprint density at radius 2 is 0.870 bits per heavy atom. The van der Waals surface area contributed by atoms with E-state index in [2.05, 4.69) is 123 Å². The molecule has 0 aliphatic heterocycles. The highest BCUT2D eigenvalue weighted by Crippen LogP contribution is 2.45. The zero-order valence-electron chi connectivity index (χ0n) is 27.0. The van der Waals surface area contributed by atoms with Gasteiger partial charge in [0.05, 0.1) is 0 Å². The molecule has 0 saturated carbocycles. The van der Waals surface area contributed by atoms with Crippen molar-refractivity contribution in [1.29, 1.82) is 0 Å². The fourth-order valence-corrected chi connectivity index (χ4v) is 8.97. The van der Waals surface area contributed by atoms with Gasteiger partial charge in [-0.1, -0.05) is 120 Å². The second kappa shape index (κ2) is 11.0. The van der Waals surface area contributed by atoms with Gasteiger partial charge in [-0.3, -0.25) is 0 Å². The van der Waals surface area contributed by atoms with E-state index in [0.29, 0.717) is 0 Å². The Hall–Kier alpha value is -4.68. The molecule has 6 aromatic carbocycles. The number of hydrogen-bond donors (Lipinski definition) is 0. The van der Waals surface area contributed by atoms with E-state index in [0.717, 1.165) is 12.8 Å². The van der Waals surface area contributed by atoms with E-state index in [1.807, 2.05) is 0 Å². The van der Waals surface area contributed by atoms with Gasteiger partial charge in [-0.05, 0) is 154 Å². The van der Waals surface area contributed by atoms with Crippen LogP contribution in [0.3, 0.4) is 0 Å². The van der Waals surface area contributed by atoms with Gasteiger partial charge in [-0.2, -0.15) is 0 Å². The first-order chi connectivity index (χ1) is 22.6. The molecule has 0 amide bonds. The average molecular weight is 593 g/mol. The summed E-state index contributed by atoms with van der Waals surface area (Å²) >= 11 is 0. The van der Waals surface area contributed by atoms with E-state index >= 15 is 0 Å². The van der Waals surface area contributed by atoms with E-state index < -0.39 is 0 Å². The van der Waals surface area contributed by atoms with Crippen LogP contribution in [0, 0.1) is 0 Å². The number of aryl methyl sites for hydroxylation is 2. The molecule has 224 valence electrons. The number of allylic oxidation sites excluding steroid dienone is 2. The molecule has 0 saturated heterocycles. The molecule has 0 N–H and O–H groups in total. The van der Waals surface area contributed by atoms with Crippen molar-refractivity contribution in [3.8, 4) is 22.3 Å². The lowest BCUT2D eigenvalue weighted by Crippen LogP contribution is -1.96. The third-order valence-electron chi connectivity index (χ3n) is 10.9. The van der Waals surface area contributed by atoms with Crippen molar-refractivity contribution in [2.75, 3.05) is 0 Å². The highest BCUT2D eigenvalue weighted by molar-refractivity contribution is 6.02. The molecule has 0 fully saturated rings. The van der Waals surface area contributed by atoms with Crippen LogP contribution in [0.5, 0.6) is 0 Å². The second-order valence-electron chi connectivity index (χ2n) is 14.0. The van der Waals surface area contributed by atoms with Crippen LogP contribution in [-0.4, -0.2) is 0 Å². The molecule has 0 spiro atoms. The summed E-state index contributed by atoms with van der Waals surface area (Å²) in [5.74, 6) is 0. The van der Waals surface area contributed by atoms with Gasteiger partial charge >= 0.3 is 0 Å². The lowest BCUT2D eigenvalue weighted by Gasteiger charge is -2.16. The maximum Gasteiger partial charge on any atom is -0.00603 e. The molecular weight excluding hydrogens is 553 g/mol. The van der Waals surface area contributed by atoms with Crippen molar-refractivity contribution in [1.82, 2.24) is 0 Å². The van der Waals surface area contributed by atoms with Crippen molar-refractivity contribution in [2.24, 2.45) is 0 Å². The Morgan fingerprint density at radius 3 is 1.35 bits per heavy atom. The van der Waals surface area contributed by atoms with Crippen LogP contribution in [-0.2, 0) is 38.5 Å². The molecule has 10 rings (SSSR count). The fraction of sp³-hybridized carbons (Fsp3) is 0.217. The van der Waals surface area contributed by atoms with Crippen LogP contribution in [0.2, 0.25) is 0 Å². The Morgan fingerprint density at radius 1 is 0.435 bits per heavy atom. The Balaban J connectivity index is 0.000000127. The predicted molar refractivity (Wildman–Crippen MR) is 198 cm³/mol. The van der Waals surface area contributed by atoms with E-state index in [1.165, 1.54) is 116 Å². The Labute approximate surface area is 273 Å². The Kier molecular flexibility index (Phi) is 6.60. The highest BCUT2D eigenvalue weighted by Gasteiger charge is 2.26. The van der Waals surface area contributed by atoms with Gasteiger partial charge in [0.2, 0.25) is 0 Å². The molecule has 0 heteroatoms. The molecule has 0 atom stereocenters. The minimum Gasteiger partial charge on any atom is -0.0683 e. The topological polar surface area (TPSA) is 0 Å². The third-order valence-corrected chi connectivity index (χ3v) is 10.9. The number of hydrogen-bond acceptors (Lipinski definition) is 0. The summed E-state index contributed by atoms with van der Waals surface area (Å²) in [6, 6.07) is 36.1. The summed E-state index contributed by atoms with van der Waals surface area (Å²) < 4.78 is 0. The summed E-state index contributed by atoms with van der Waals surface area (Å²) in [6.07, 6.45) is 14.7. The van der Waals surface area contributed by atoms with Crippen molar-refractivity contribution in [3.63, 3.8) is 0 Å². The van der Waals surface area contributed by atoms with Gasteiger partial charge in [-0.25, -0.2) is 0 Å². The first-order valence-electron chi connectivity index (χ1n) is 17.3. The summed E-state index contributed by atoms with van der Waals surface area (Å²) in [5.41, 5.74) is 21.3. The quantitative estimate of drug-likeness (QED) is 0.188. The van der Waals surface area contributed by atoms with Gasteiger partial charge in [-0.15, -0.1) is 0 Å². The first kappa shape index (κ1) is 27.6.